The van der Waals surface area contributed by atoms with Crippen LogP contribution in [-0.2, 0) is 4.79 Å². The summed E-state index contributed by atoms with van der Waals surface area (Å²) in [6.45, 7) is 2.70. The molecule has 2 aromatic carbocycles. The van der Waals surface area contributed by atoms with Gasteiger partial charge < -0.3 is 15.4 Å². The number of nitrogens with one attached hydrogen (secondary N) is 1. The van der Waals surface area contributed by atoms with Crippen molar-refractivity contribution in [1.82, 2.24) is 10.2 Å². The Morgan fingerprint density at radius 3 is 2.66 bits per heavy atom. The Morgan fingerprint density at radius 1 is 1.24 bits per heavy atom. The van der Waals surface area contributed by atoms with Crippen molar-refractivity contribution in [2.45, 2.75) is 19.8 Å². The molecule has 3 rings (SSSR count). The molecule has 0 aliphatic carbocycles. The molecule has 2 aromatic rings. The maximum atomic E-state index is 12.9. The average molecular weight is 479 g/mol. The lowest BCUT2D eigenvalue weighted by atomic mass is 9.95. The van der Waals surface area contributed by atoms with Crippen molar-refractivity contribution in [3.63, 3.8) is 0 Å². The Hall–Kier alpha value is -2.38. The normalized spacial score (nSPS) is 17.1. The van der Waals surface area contributed by atoms with E-state index in [2.05, 4.69) is 26.4 Å². The second kappa shape index (κ2) is 9.41. The third kappa shape index (κ3) is 4.97. The maximum Gasteiger partial charge on any atom is 0.254 e. The molecule has 1 aliphatic rings. The molecular weight excluding hydrogens is 458 g/mol. The fourth-order valence-electron chi connectivity index (χ4n) is 3.37. The van der Waals surface area contributed by atoms with Crippen LogP contribution in [-0.4, -0.2) is 40.8 Å². The summed E-state index contributed by atoms with van der Waals surface area (Å²) in [5, 5.41) is 15.8. The van der Waals surface area contributed by atoms with Crippen molar-refractivity contribution in [1.29, 1.82) is 0 Å². The fourth-order valence-corrected chi connectivity index (χ4v) is 3.81. The number of hydrogen-bond acceptors (Lipinski definition) is 4. The van der Waals surface area contributed by atoms with E-state index in [1.165, 1.54) is 0 Å². The highest BCUT2D eigenvalue weighted by Crippen LogP contribution is 2.23. The van der Waals surface area contributed by atoms with E-state index < -0.39 is 0 Å². The van der Waals surface area contributed by atoms with Gasteiger partial charge in [-0.1, -0.05) is 50.9 Å². The lowest BCUT2D eigenvalue weighted by Crippen LogP contribution is -2.47. The van der Waals surface area contributed by atoms with E-state index in [1.54, 1.807) is 47.4 Å². The van der Waals surface area contributed by atoms with Crippen LogP contribution >= 0.6 is 27.5 Å². The van der Waals surface area contributed by atoms with E-state index in [1.807, 2.05) is 6.92 Å². The van der Waals surface area contributed by atoms with Gasteiger partial charge in [-0.15, -0.1) is 0 Å². The zero-order valence-corrected chi connectivity index (χ0v) is 18.2. The first kappa shape index (κ1) is 21.3. The van der Waals surface area contributed by atoms with Gasteiger partial charge in [-0.2, -0.15) is 0 Å². The van der Waals surface area contributed by atoms with Crippen LogP contribution in [0.1, 0.15) is 34.3 Å². The molecule has 0 spiro atoms. The highest BCUT2D eigenvalue weighted by molar-refractivity contribution is 9.10. The number of likely N-dealkylation sites (tertiary alicyclic amines) is 1. The first-order valence-electron chi connectivity index (χ1n) is 9.24. The van der Waals surface area contributed by atoms with Crippen molar-refractivity contribution >= 4 is 45.2 Å². The van der Waals surface area contributed by atoms with E-state index in [0.717, 1.165) is 10.0 Å². The number of carbonyl (C=O) groups excluding carboxylic acids is 2. The summed E-state index contributed by atoms with van der Waals surface area (Å²) in [7, 11) is 0. The predicted octanol–water partition coefficient (Wildman–Crippen LogP) is 4.22. The van der Waals surface area contributed by atoms with E-state index in [0.29, 0.717) is 42.1 Å². The Bertz CT molecular complexity index is 947. The molecule has 1 aliphatic heterocycles. The monoisotopic (exact) mass is 477 g/mol. The number of benzene rings is 2. The van der Waals surface area contributed by atoms with Gasteiger partial charge in [-0.3, -0.25) is 9.59 Å². The van der Waals surface area contributed by atoms with Crippen LogP contribution in [0.2, 0.25) is 5.02 Å². The molecule has 1 heterocycles. The summed E-state index contributed by atoms with van der Waals surface area (Å²) >= 11 is 9.49. The summed E-state index contributed by atoms with van der Waals surface area (Å²) in [4.78, 5) is 27.4. The van der Waals surface area contributed by atoms with Gasteiger partial charge in [0, 0.05) is 33.7 Å². The number of hydrogen-bond donors (Lipinski definition) is 2. The summed E-state index contributed by atoms with van der Waals surface area (Å²) < 4.78 is 0.877. The minimum absolute atomic E-state index is 0.0802. The van der Waals surface area contributed by atoms with E-state index >= 15 is 0 Å². The molecule has 1 atom stereocenters. The number of carbonyl (C=O) groups is 2. The van der Waals surface area contributed by atoms with Crippen molar-refractivity contribution in [3.8, 4) is 0 Å². The molecule has 6 nitrogen and oxygen atoms in total. The van der Waals surface area contributed by atoms with Crippen molar-refractivity contribution < 1.29 is 14.8 Å². The summed E-state index contributed by atoms with van der Waals surface area (Å²) in [5.41, 5.74) is 1.86. The summed E-state index contributed by atoms with van der Waals surface area (Å²) in [6, 6.07) is 12.3. The first-order valence-corrected chi connectivity index (χ1v) is 10.4. The lowest BCUT2D eigenvalue weighted by Gasteiger charge is -2.32. The van der Waals surface area contributed by atoms with Crippen LogP contribution in [0, 0.1) is 12.8 Å². The van der Waals surface area contributed by atoms with Crippen molar-refractivity contribution in [2.75, 3.05) is 13.1 Å². The van der Waals surface area contributed by atoms with E-state index in [9.17, 15) is 14.8 Å². The van der Waals surface area contributed by atoms with Gasteiger partial charge >= 0.3 is 0 Å². The largest absolute Gasteiger partial charge is 0.409 e. The molecule has 0 unspecified atom stereocenters. The van der Waals surface area contributed by atoms with Gasteiger partial charge in [-0.25, -0.2) is 0 Å². The van der Waals surface area contributed by atoms with Crippen LogP contribution in [0.25, 0.3) is 0 Å². The van der Waals surface area contributed by atoms with Gasteiger partial charge in [0.25, 0.3) is 5.91 Å². The van der Waals surface area contributed by atoms with Gasteiger partial charge in [0.2, 0.25) is 5.91 Å². The second-order valence-corrected chi connectivity index (χ2v) is 8.27. The van der Waals surface area contributed by atoms with Crippen LogP contribution < -0.4 is 5.32 Å². The van der Waals surface area contributed by atoms with Gasteiger partial charge in [0.05, 0.1) is 5.92 Å². The number of nitrogens with zero attached hydrogens (tertiary/aromatic N) is 2. The molecule has 8 heteroatoms. The topological polar surface area (TPSA) is 82.0 Å². The maximum absolute atomic E-state index is 12.9. The van der Waals surface area contributed by atoms with Gasteiger partial charge in [0.1, 0.15) is 0 Å². The number of halogens is 2. The molecule has 29 heavy (non-hydrogen) atoms. The second-order valence-electron chi connectivity index (χ2n) is 6.95. The van der Waals surface area contributed by atoms with Crippen LogP contribution in [0.15, 0.2) is 52.1 Å². The predicted molar refractivity (Wildman–Crippen MR) is 115 cm³/mol. The zero-order chi connectivity index (χ0) is 21.0. The number of rotatable bonds is 3. The molecule has 0 saturated carbocycles. The third-order valence-electron chi connectivity index (χ3n) is 5.04. The first-order chi connectivity index (χ1) is 13.9. The number of oxime groups is 1. The van der Waals surface area contributed by atoms with E-state index in [-0.39, 0.29) is 23.6 Å². The third-order valence-corrected chi connectivity index (χ3v) is 5.97. The smallest absolute Gasteiger partial charge is 0.254 e. The minimum atomic E-state index is -0.389. The Morgan fingerprint density at radius 2 is 1.97 bits per heavy atom. The zero-order valence-electron chi connectivity index (χ0n) is 15.9. The SMILES string of the molecule is Cc1c(Cl)cccc1C(=O)N1CCC[C@H](C(=O)N/C(=N\O)c2ccc(Br)cc2)C1. The standard InChI is InChI=1S/C21H21BrClN3O3/c1-13-17(5-2-6-18(13)23)21(28)26-11-3-4-15(12-26)20(27)24-19(25-29)14-7-9-16(22)10-8-14/h2,5-10,15,29H,3-4,11-12H2,1H3,(H,24,25,27)/t15-/m0/s1. The van der Waals surface area contributed by atoms with Gasteiger partial charge in [-0.05, 0) is 49.6 Å². The lowest BCUT2D eigenvalue weighted by molar-refractivity contribution is -0.124. The Kier molecular flexibility index (Phi) is 6.92. The molecule has 1 fully saturated rings. The highest BCUT2D eigenvalue weighted by Gasteiger charge is 2.30. The van der Waals surface area contributed by atoms with Crippen molar-refractivity contribution in [2.24, 2.45) is 11.1 Å². The minimum Gasteiger partial charge on any atom is -0.409 e. The number of amides is 2. The molecule has 1 saturated heterocycles. The highest BCUT2D eigenvalue weighted by atomic mass is 79.9. The molecule has 0 aromatic heterocycles. The van der Waals surface area contributed by atoms with Crippen molar-refractivity contribution in [3.05, 3.63) is 68.7 Å². The van der Waals surface area contributed by atoms with E-state index in [4.69, 9.17) is 11.6 Å². The Labute approximate surface area is 182 Å². The summed E-state index contributed by atoms with van der Waals surface area (Å²) in [6.07, 6.45) is 1.37. The molecule has 0 bridgehead atoms. The number of amidine groups is 1. The molecular formula is C21H21BrClN3O3. The van der Waals surface area contributed by atoms with Gasteiger partial charge in [0.15, 0.2) is 5.84 Å². The number of piperidine rings is 1. The van der Waals surface area contributed by atoms with Crippen LogP contribution in [0.4, 0.5) is 0 Å². The van der Waals surface area contributed by atoms with Crippen LogP contribution in [0.3, 0.4) is 0 Å². The quantitative estimate of drug-likeness (QED) is 0.300. The molecule has 2 N–H and O–H groups in total. The average Bonchev–Trinajstić information content (AvgIpc) is 2.74. The molecule has 152 valence electrons. The Balaban J connectivity index is 1.69. The fraction of sp³-hybridized carbons (Fsp3) is 0.286. The van der Waals surface area contributed by atoms with Crippen LogP contribution in [0.5, 0.6) is 0 Å². The molecule has 0 radical (unpaired) electrons. The molecule has 2 amide bonds. The summed E-state index contributed by atoms with van der Waals surface area (Å²) in [5.74, 6) is -0.719.